The number of benzene rings is 1. The van der Waals surface area contributed by atoms with Gasteiger partial charge in [-0.2, -0.15) is 0 Å². The van der Waals surface area contributed by atoms with Crippen LogP contribution in [0, 0.1) is 0 Å². The smallest absolute Gasteiger partial charge is 0.405 e. The monoisotopic (exact) mass is 213 g/mol. The molecule has 0 saturated carbocycles. The summed E-state index contributed by atoms with van der Waals surface area (Å²) in [6, 6.07) is 6.08. The summed E-state index contributed by atoms with van der Waals surface area (Å²) in [4.78, 5) is 3.76. The van der Waals surface area contributed by atoms with Crippen molar-refractivity contribution in [1.29, 1.82) is 0 Å². The van der Waals surface area contributed by atoms with Gasteiger partial charge in [-0.25, -0.2) is 0 Å². The number of pyridine rings is 1. The Hall–Kier alpha value is -1.78. The maximum absolute atomic E-state index is 12.0. The van der Waals surface area contributed by atoms with Crippen LogP contribution >= 0.6 is 0 Å². The third-order valence-electron chi connectivity index (χ3n) is 1.87. The van der Waals surface area contributed by atoms with E-state index in [1.165, 1.54) is 24.5 Å². The first-order chi connectivity index (χ1) is 7.06. The zero-order valence-electron chi connectivity index (χ0n) is 7.45. The maximum Gasteiger partial charge on any atom is 0.573 e. The zero-order valence-corrected chi connectivity index (χ0v) is 7.45. The molecule has 0 aliphatic rings. The van der Waals surface area contributed by atoms with Crippen LogP contribution in [0.15, 0.2) is 36.7 Å². The topological polar surface area (TPSA) is 22.1 Å². The fourth-order valence-electron chi connectivity index (χ4n) is 1.30. The van der Waals surface area contributed by atoms with Crippen LogP contribution in [0.5, 0.6) is 5.75 Å². The normalized spacial score (nSPS) is 11.7. The van der Waals surface area contributed by atoms with Gasteiger partial charge in [0.1, 0.15) is 5.75 Å². The van der Waals surface area contributed by atoms with Crippen LogP contribution in [-0.2, 0) is 0 Å². The third kappa shape index (κ3) is 2.18. The van der Waals surface area contributed by atoms with Crippen molar-refractivity contribution in [2.75, 3.05) is 0 Å². The number of alkyl halides is 3. The van der Waals surface area contributed by atoms with Gasteiger partial charge in [0, 0.05) is 17.8 Å². The summed E-state index contributed by atoms with van der Waals surface area (Å²) < 4.78 is 40.0. The predicted octanol–water partition coefficient (Wildman–Crippen LogP) is 3.13. The molecule has 0 bridgehead atoms. The highest BCUT2D eigenvalue weighted by Gasteiger charge is 2.31. The molecule has 0 atom stereocenters. The Bertz CT molecular complexity index is 476. The summed E-state index contributed by atoms with van der Waals surface area (Å²) in [6.45, 7) is 0. The summed E-state index contributed by atoms with van der Waals surface area (Å²) >= 11 is 0. The largest absolute Gasteiger partial charge is 0.573 e. The van der Waals surface area contributed by atoms with Gasteiger partial charge in [-0.3, -0.25) is 4.98 Å². The van der Waals surface area contributed by atoms with E-state index in [0.29, 0.717) is 10.8 Å². The molecule has 15 heavy (non-hydrogen) atoms. The summed E-state index contributed by atoms with van der Waals surface area (Å²) in [5.74, 6) is -0.229. The molecule has 0 fully saturated rings. The lowest BCUT2D eigenvalue weighted by atomic mass is 10.2. The van der Waals surface area contributed by atoms with Crippen molar-refractivity contribution in [3.63, 3.8) is 0 Å². The molecule has 0 aliphatic carbocycles. The highest BCUT2D eigenvalue weighted by Crippen LogP contribution is 2.29. The average molecular weight is 213 g/mol. The molecule has 0 N–H and O–H groups in total. The van der Waals surface area contributed by atoms with Gasteiger partial charge in [0.2, 0.25) is 0 Å². The molecule has 0 amide bonds. The highest BCUT2D eigenvalue weighted by molar-refractivity contribution is 5.87. The van der Waals surface area contributed by atoms with E-state index in [-0.39, 0.29) is 5.75 Å². The lowest BCUT2D eigenvalue weighted by molar-refractivity contribution is -0.274. The number of fused-ring (bicyclic) bond motifs is 1. The lowest BCUT2D eigenvalue weighted by Gasteiger charge is -2.10. The Morgan fingerprint density at radius 2 is 1.93 bits per heavy atom. The van der Waals surface area contributed by atoms with Crippen LogP contribution < -0.4 is 4.74 Å². The second-order valence-corrected chi connectivity index (χ2v) is 2.90. The number of hydrogen-bond donors (Lipinski definition) is 0. The standard InChI is InChI=1S/C10H6F3NO/c11-10(12,13)15-9-3-1-2-7-4-5-14-6-8(7)9/h1-6H. The summed E-state index contributed by atoms with van der Waals surface area (Å²) in [6.07, 6.45) is -1.82. The summed E-state index contributed by atoms with van der Waals surface area (Å²) in [7, 11) is 0. The molecule has 78 valence electrons. The molecule has 0 aliphatic heterocycles. The minimum Gasteiger partial charge on any atom is -0.405 e. The molecule has 2 rings (SSSR count). The Labute approximate surface area is 83.3 Å². The molecule has 1 aromatic carbocycles. The molecule has 1 aromatic heterocycles. The fourth-order valence-corrected chi connectivity index (χ4v) is 1.30. The molecule has 1 heterocycles. The second-order valence-electron chi connectivity index (χ2n) is 2.90. The van der Waals surface area contributed by atoms with E-state index in [9.17, 15) is 13.2 Å². The van der Waals surface area contributed by atoms with Crippen LogP contribution in [-0.4, -0.2) is 11.3 Å². The maximum atomic E-state index is 12.0. The molecule has 5 heteroatoms. The molecule has 2 nitrogen and oxygen atoms in total. The summed E-state index contributed by atoms with van der Waals surface area (Å²) in [5.41, 5.74) is 0. The quantitative estimate of drug-likeness (QED) is 0.726. The van der Waals surface area contributed by atoms with Gasteiger partial charge in [0.25, 0.3) is 0 Å². The molecule has 2 aromatic rings. The van der Waals surface area contributed by atoms with Crippen LogP contribution in [0.25, 0.3) is 10.8 Å². The van der Waals surface area contributed by atoms with Crippen molar-refractivity contribution in [1.82, 2.24) is 4.98 Å². The number of hydrogen-bond acceptors (Lipinski definition) is 2. The van der Waals surface area contributed by atoms with Crippen molar-refractivity contribution < 1.29 is 17.9 Å². The minimum absolute atomic E-state index is 0.229. The van der Waals surface area contributed by atoms with E-state index in [1.807, 2.05) is 0 Å². The van der Waals surface area contributed by atoms with Gasteiger partial charge in [0.05, 0.1) is 0 Å². The van der Waals surface area contributed by atoms with Gasteiger partial charge < -0.3 is 4.74 Å². The number of rotatable bonds is 1. The minimum atomic E-state index is -4.68. The molecular formula is C10H6F3NO. The number of ether oxygens (including phenoxy) is 1. The van der Waals surface area contributed by atoms with E-state index in [2.05, 4.69) is 9.72 Å². The van der Waals surface area contributed by atoms with Crippen LogP contribution in [0.1, 0.15) is 0 Å². The van der Waals surface area contributed by atoms with Crippen molar-refractivity contribution in [3.8, 4) is 5.75 Å². The van der Waals surface area contributed by atoms with E-state index in [4.69, 9.17) is 0 Å². The van der Waals surface area contributed by atoms with Gasteiger partial charge in [-0.05, 0) is 17.5 Å². The second kappa shape index (κ2) is 3.42. The first kappa shape index (κ1) is 9.76. The molecule has 0 unspecified atom stereocenters. The molecule has 0 radical (unpaired) electrons. The number of aromatic nitrogens is 1. The van der Waals surface area contributed by atoms with Gasteiger partial charge in [0.15, 0.2) is 0 Å². The van der Waals surface area contributed by atoms with E-state index in [1.54, 1.807) is 12.1 Å². The molecular weight excluding hydrogens is 207 g/mol. The Morgan fingerprint density at radius 1 is 1.13 bits per heavy atom. The molecule has 0 saturated heterocycles. The van der Waals surface area contributed by atoms with Gasteiger partial charge >= 0.3 is 6.36 Å². The molecule has 0 spiro atoms. The van der Waals surface area contributed by atoms with Gasteiger partial charge in [-0.15, -0.1) is 13.2 Å². The third-order valence-corrected chi connectivity index (χ3v) is 1.87. The Morgan fingerprint density at radius 3 is 2.67 bits per heavy atom. The highest BCUT2D eigenvalue weighted by atomic mass is 19.4. The van der Waals surface area contributed by atoms with Crippen LogP contribution in [0.3, 0.4) is 0 Å². The predicted molar refractivity (Wildman–Crippen MR) is 48.4 cm³/mol. The number of nitrogens with zero attached hydrogens (tertiary/aromatic N) is 1. The van der Waals surface area contributed by atoms with Gasteiger partial charge in [-0.1, -0.05) is 12.1 Å². The van der Waals surface area contributed by atoms with Crippen LogP contribution in [0.4, 0.5) is 13.2 Å². The lowest BCUT2D eigenvalue weighted by Crippen LogP contribution is -2.17. The van der Waals surface area contributed by atoms with Crippen molar-refractivity contribution >= 4 is 10.8 Å². The SMILES string of the molecule is FC(F)(F)Oc1cccc2ccncc12. The van der Waals surface area contributed by atoms with Crippen LogP contribution in [0.2, 0.25) is 0 Å². The van der Waals surface area contributed by atoms with E-state index >= 15 is 0 Å². The van der Waals surface area contributed by atoms with Crippen molar-refractivity contribution in [2.45, 2.75) is 6.36 Å². The summed E-state index contributed by atoms with van der Waals surface area (Å²) in [5, 5.41) is 1.00. The fraction of sp³-hybridized carbons (Fsp3) is 0.100. The van der Waals surface area contributed by atoms with E-state index < -0.39 is 6.36 Å². The first-order valence-corrected chi connectivity index (χ1v) is 4.15. The number of halogens is 3. The van der Waals surface area contributed by atoms with Crippen molar-refractivity contribution in [3.05, 3.63) is 36.7 Å². The Balaban J connectivity index is 2.52. The van der Waals surface area contributed by atoms with E-state index in [0.717, 1.165) is 0 Å². The van der Waals surface area contributed by atoms with Crippen molar-refractivity contribution in [2.24, 2.45) is 0 Å². The first-order valence-electron chi connectivity index (χ1n) is 4.15. The zero-order chi connectivity index (χ0) is 10.9. The Kier molecular flexibility index (Phi) is 2.22. The average Bonchev–Trinajstić information content (AvgIpc) is 2.16.